The minimum atomic E-state index is -0.0318. The van der Waals surface area contributed by atoms with Gasteiger partial charge in [0.2, 0.25) is 0 Å². The molecule has 0 aliphatic heterocycles. The largest absolute Gasteiger partial charge is 0.338 e. The molecular weight excluding hydrogens is 236 g/mol. The Morgan fingerprint density at radius 3 is 2.53 bits per heavy atom. The molecule has 0 bridgehead atoms. The smallest absolute Gasteiger partial charge is 0.314 e. The zero-order chi connectivity index (χ0) is 13.6. The predicted molar refractivity (Wildman–Crippen MR) is 78.3 cm³/mol. The molecule has 1 fully saturated rings. The lowest BCUT2D eigenvalue weighted by Crippen LogP contribution is -2.48. The Hall–Kier alpha value is -1.51. The fourth-order valence-electron chi connectivity index (χ4n) is 2.65. The number of urea groups is 1. The Morgan fingerprint density at radius 1 is 1.21 bits per heavy atom. The molecule has 19 heavy (non-hydrogen) atoms. The van der Waals surface area contributed by atoms with Crippen molar-refractivity contribution in [1.29, 1.82) is 0 Å². The van der Waals surface area contributed by atoms with E-state index in [2.05, 4.69) is 41.8 Å². The lowest BCUT2D eigenvalue weighted by Gasteiger charge is -2.42. The number of rotatable bonds is 6. The van der Waals surface area contributed by atoms with Crippen LogP contribution in [0.5, 0.6) is 0 Å². The van der Waals surface area contributed by atoms with E-state index in [0.717, 1.165) is 25.9 Å². The lowest BCUT2D eigenvalue weighted by molar-refractivity contribution is 0.215. The van der Waals surface area contributed by atoms with Crippen molar-refractivity contribution in [3.05, 3.63) is 35.9 Å². The van der Waals surface area contributed by atoms with Crippen molar-refractivity contribution in [1.82, 2.24) is 10.6 Å². The molecule has 3 nitrogen and oxygen atoms in total. The van der Waals surface area contributed by atoms with E-state index in [9.17, 15) is 4.79 Å². The third-order valence-electron chi connectivity index (χ3n) is 4.10. The summed E-state index contributed by atoms with van der Waals surface area (Å²) in [5.41, 5.74) is 1.53. The van der Waals surface area contributed by atoms with E-state index in [4.69, 9.17) is 0 Å². The second-order valence-corrected chi connectivity index (χ2v) is 5.46. The van der Waals surface area contributed by atoms with Gasteiger partial charge in [0.25, 0.3) is 0 Å². The monoisotopic (exact) mass is 260 g/mol. The van der Waals surface area contributed by atoms with Gasteiger partial charge in [0.05, 0.1) is 0 Å². The highest BCUT2D eigenvalue weighted by Gasteiger charge is 2.38. The molecule has 0 aromatic heterocycles. The SMILES string of the molecule is CCCCNC(=O)NCC1(c2ccccc2)CCC1. The number of carbonyl (C=O) groups excluding carboxylic acids is 1. The molecule has 1 aromatic carbocycles. The molecule has 0 unspecified atom stereocenters. The second kappa shape index (κ2) is 6.60. The van der Waals surface area contributed by atoms with Crippen LogP contribution in [0.4, 0.5) is 4.79 Å². The zero-order valence-electron chi connectivity index (χ0n) is 11.7. The van der Waals surface area contributed by atoms with Crippen LogP contribution in [0.3, 0.4) is 0 Å². The van der Waals surface area contributed by atoms with Crippen LogP contribution in [0.25, 0.3) is 0 Å². The molecule has 1 aromatic rings. The summed E-state index contributed by atoms with van der Waals surface area (Å²) >= 11 is 0. The first-order valence-corrected chi connectivity index (χ1v) is 7.34. The third-order valence-corrected chi connectivity index (χ3v) is 4.10. The number of carbonyl (C=O) groups is 1. The highest BCUT2D eigenvalue weighted by atomic mass is 16.2. The van der Waals surface area contributed by atoms with Crippen LogP contribution in [0.15, 0.2) is 30.3 Å². The number of benzene rings is 1. The summed E-state index contributed by atoms with van der Waals surface area (Å²) in [6.07, 6.45) is 5.75. The van der Waals surface area contributed by atoms with Gasteiger partial charge in [0.1, 0.15) is 0 Å². The van der Waals surface area contributed by atoms with Crippen LogP contribution in [0.1, 0.15) is 44.6 Å². The molecule has 1 saturated carbocycles. The fraction of sp³-hybridized carbons (Fsp3) is 0.562. The molecule has 0 atom stereocenters. The van der Waals surface area contributed by atoms with Gasteiger partial charge < -0.3 is 10.6 Å². The first-order valence-electron chi connectivity index (χ1n) is 7.34. The average molecular weight is 260 g/mol. The molecular formula is C16H24N2O. The Balaban J connectivity index is 1.85. The van der Waals surface area contributed by atoms with Crippen LogP contribution >= 0.6 is 0 Å². The van der Waals surface area contributed by atoms with Gasteiger partial charge >= 0.3 is 6.03 Å². The molecule has 3 heteroatoms. The Kier molecular flexibility index (Phi) is 4.83. The van der Waals surface area contributed by atoms with E-state index in [0.29, 0.717) is 0 Å². The van der Waals surface area contributed by atoms with E-state index < -0.39 is 0 Å². The first-order chi connectivity index (χ1) is 9.27. The topological polar surface area (TPSA) is 41.1 Å². The van der Waals surface area contributed by atoms with Crippen LogP contribution in [-0.2, 0) is 5.41 Å². The number of hydrogen-bond acceptors (Lipinski definition) is 1. The predicted octanol–water partition coefficient (Wildman–Crippen LogP) is 3.21. The first kappa shape index (κ1) is 13.9. The summed E-state index contributed by atoms with van der Waals surface area (Å²) in [7, 11) is 0. The summed E-state index contributed by atoms with van der Waals surface area (Å²) in [6, 6.07) is 10.5. The molecule has 1 aliphatic carbocycles. The fourth-order valence-corrected chi connectivity index (χ4v) is 2.65. The van der Waals surface area contributed by atoms with Gasteiger partial charge in [-0.2, -0.15) is 0 Å². The average Bonchev–Trinajstić information content (AvgIpc) is 2.39. The summed E-state index contributed by atoms with van der Waals surface area (Å²) in [6.45, 7) is 3.63. The molecule has 0 saturated heterocycles. The van der Waals surface area contributed by atoms with Crippen LogP contribution in [-0.4, -0.2) is 19.1 Å². The van der Waals surface area contributed by atoms with Gasteiger partial charge in [-0.05, 0) is 24.8 Å². The van der Waals surface area contributed by atoms with Crippen LogP contribution in [0.2, 0.25) is 0 Å². The molecule has 0 heterocycles. The van der Waals surface area contributed by atoms with Crippen LogP contribution < -0.4 is 10.6 Å². The third kappa shape index (κ3) is 3.49. The van der Waals surface area contributed by atoms with Gasteiger partial charge in [-0.1, -0.05) is 50.1 Å². The van der Waals surface area contributed by atoms with Crippen molar-refractivity contribution in [2.24, 2.45) is 0 Å². The van der Waals surface area contributed by atoms with E-state index >= 15 is 0 Å². The summed E-state index contributed by atoms with van der Waals surface area (Å²) in [4.78, 5) is 11.7. The Labute approximate surface area is 115 Å². The van der Waals surface area contributed by atoms with Crippen molar-refractivity contribution in [3.63, 3.8) is 0 Å². The molecule has 2 N–H and O–H groups in total. The molecule has 104 valence electrons. The second-order valence-electron chi connectivity index (χ2n) is 5.46. The lowest BCUT2D eigenvalue weighted by atomic mass is 9.64. The van der Waals surface area contributed by atoms with E-state index in [1.54, 1.807) is 0 Å². The molecule has 0 radical (unpaired) electrons. The quantitative estimate of drug-likeness (QED) is 0.758. The van der Waals surface area contributed by atoms with Crippen molar-refractivity contribution >= 4 is 6.03 Å². The Morgan fingerprint density at radius 2 is 1.95 bits per heavy atom. The van der Waals surface area contributed by atoms with Gasteiger partial charge in [-0.25, -0.2) is 4.79 Å². The van der Waals surface area contributed by atoms with E-state index in [1.165, 1.54) is 24.8 Å². The van der Waals surface area contributed by atoms with Gasteiger partial charge in [0, 0.05) is 18.5 Å². The maximum absolute atomic E-state index is 11.7. The molecule has 2 amide bonds. The van der Waals surface area contributed by atoms with Crippen molar-refractivity contribution < 1.29 is 4.79 Å². The summed E-state index contributed by atoms with van der Waals surface area (Å²) in [5, 5.41) is 5.94. The molecule has 0 spiro atoms. The van der Waals surface area contributed by atoms with Crippen LogP contribution in [0, 0.1) is 0 Å². The summed E-state index contributed by atoms with van der Waals surface area (Å²) < 4.78 is 0. The minimum Gasteiger partial charge on any atom is -0.338 e. The van der Waals surface area contributed by atoms with Crippen molar-refractivity contribution in [2.45, 2.75) is 44.4 Å². The standard InChI is InChI=1S/C16H24N2O/c1-2-3-12-17-15(19)18-13-16(10-7-11-16)14-8-5-4-6-9-14/h4-6,8-9H,2-3,7,10-13H2,1H3,(H2,17,18,19). The normalized spacial score (nSPS) is 16.5. The maximum atomic E-state index is 11.7. The van der Waals surface area contributed by atoms with Gasteiger partial charge in [0.15, 0.2) is 0 Å². The minimum absolute atomic E-state index is 0.0318. The van der Waals surface area contributed by atoms with Crippen molar-refractivity contribution in [2.75, 3.05) is 13.1 Å². The van der Waals surface area contributed by atoms with E-state index in [1.807, 2.05) is 6.07 Å². The number of nitrogens with one attached hydrogen (secondary N) is 2. The molecule has 2 rings (SSSR count). The number of hydrogen-bond donors (Lipinski definition) is 2. The zero-order valence-corrected chi connectivity index (χ0v) is 11.7. The highest BCUT2D eigenvalue weighted by Crippen LogP contribution is 2.42. The van der Waals surface area contributed by atoms with E-state index in [-0.39, 0.29) is 11.4 Å². The Bertz CT molecular complexity index is 398. The highest BCUT2D eigenvalue weighted by molar-refractivity contribution is 5.74. The molecule has 1 aliphatic rings. The number of unbranched alkanes of at least 4 members (excludes halogenated alkanes) is 1. The maximum Gasteiger partial charge on any atom is 0.314 e. The van der Waals surface area contributed by atoms with Gasteiger partial charge in [-0.3, -0.25) is 0 Å². The number of amides is 2. The summed E-state index contributed by atoms with van der Waals surface area (Å²) in [5.74, 6) is 0. The van der Waals surface area contributed by atoms with Gasteiger partial charge in [-0.15, -0.1) is 0 Å². The van der Waals surface area contributed by atoms with Crippen molar-refractivity contribution in [3.8, 4) is 0 Å².